The minimum atomic E-state index is -0.898. The Morgan fingerprint density at radius 3 is 2.86 bits per heavy atom. The molecule has 1 aromatic rings. The lowest BCUT2D eigenvalue weighted by Crippen LogP contribution is -2.29. The fraction of sp³-hybridized carbons (Fsp3) is 0.214. The van der Waals surface area contributed by atoms with Gasteiger partial charge in [-0.15, -0.1) is 0 Å². The van der Waals surface area contributed by atoms with Crippen LogP contribution >= 0.6 is 46.6 Å². The maximum atomic E-state index is 12.3. The number of rotatable bonds is 5. The van der Waals surface area contributed by atoms with Crippen molar-refractivity contribution in [3.63, 3.8) is 0 Å². The zero-order valence-corrected chi connectivity index (χ0v) is 15.1. The van der Waals surface area contributed by atoms with E-state index in [0.717, 1.165) is 15.3 Å². The third kappa shape index (κ3) is 4.20. The van der Waals surface area contributed by atoms with Gasteiger partial charge in [-0.05, 0) is 53.3 Å². The highest BCUT2D eigenvalue weighted by molar-refractivity contribution is 14.1. The predicted molar refractivity (Wildman–Crippen MR) is 97.6 cm³/mol. The zero-order chi connectivity index (χ0) is 16.3. The molecule has 1 aromatic carbocycles. The Morgan fingerprint density at radius 1 is 1.45 bits per heavy atom. The number of phenols is 1. The Labute approximate surface area is 150 Å². The Bertz CT molecular complexity index is 675. The van der Waals surface area contributed by atoms with E-state index >= 15 is 0 Å². The molecule has 1 fully saturated rings. The van der Waals surface area contributed by atoms with Gasteiger partial charge < -0.3 is 10.2 Å². The van der Waals surface area contributed by atoms with Gasteiger partial charge in [-0.25, -0.2) is 0 Å². The van der Waals surface area contributed by atoms with Crippen molar-refractivity contribution in [1.29, 1.82) is 0 Å². The average molecular weight is 449 g/mol. The van der Waals surface area contributed by atoms with Gasteiger partial charge in [0.15, 0.2) is 0 Å². The largest absolute Gasteiger partial charge is 0.507 e. The number of aromatic hydroxyl groups is 1. The summed E-state index contributed by atoms with van der Waals surface area (Å²) in [4.78, 5) is 24.7. The number of halogens is 1. The van der Waals surface area contributed by atoms with Gasteiger partial charge in [0, 0.05) is 22.1 Å². The summed E-state index contributed by atoms with van der Waals surface area (Å²) in [6, 6.07) is 5.11. The lowest BCUT2D eigenvalue weighted by atomic mass is 10.2. The molecule has 8 heteroatoms. The summed E-state index contributed by atoms with van der Waals surface area (Å²) >= 11 is 8.44. The van der Waals surface area contributed by atoms with Crippen LogP contribution in [0.3, 0.4) is 0 Å². The van der Waals surface area contributed by atoms with Crippen molar-refractivity contribution in [3.8, 4) is 5.75 Å². The fourth-order valence-electron chi connectivity index (χ4n) is 1.86. The first-order valence-corrected chi connectivity index (χ1v) is 8.64. The molecule has 0 unspecified atom stereocenters. The molecule has 1 aliphatic heterocycles. The molecule has 0 atom stereocenters. The molecule has 2 N–H and O–H groups in total. The zero-order valence-electron chi connectivity index (χ0n) is 11.3. The fourth-order valence-corrected chi connectivity index (χ4v) is 3.68. The van der Waals surface area contributed by atoms with Crippen LogP contribution in [0.2, 0.25) is 0 Å². The highest BCUT2D eigenvalue weighted by atomic mass is 127. The minimum absolute atomic E-state index is 0.00617. The summed E-state index contributed by atoms with van der Waals surface area (Å²) in [6.07, 6.45) is 1.95. The number of carbonyl (C=O) groups excluding carboxylic acids is 1. The molecule has 22 heavy (non-hydrogen) atoms. The van der Waals surface area contributed by atoms with E-state index < -0.39 is 5.97 Å². The second-order valence-electron chi connectivity index (χ2n) is 4.53. The number of phenolic OH excluding ortho intramolecular Hbond substituents is 1. The summed E-state index contributed by atoms with van der Waals surface area (Å²) < 4.78 is 1.35. The molecule has 0 bridgehead atoms. The maximum Gasteiger partial charge on any atom is 0.303 e. The van der Waals surface area contributed by atoms with Gasteiger partial charge in [0.05, 0.1) is 4.91 Å². The standard InChI is InChI=1S/C14H12INO4S2/c15-9-3-4-10(17)8(6-9)7-11-13(20)16(14(21)22-11)5-1-2-12(18)19/h3-4,6-7,17H,1-2,5H2,(H,18,19). The molecule has 0 radical (unpaired) electrons. The maximum absolute atomic E-state index is 12.3. The predicted octanol–water partition coefficient (Wildman–Crippen LogP) is 3.06. The van der Waals surface area contributed by atoms with Crippen LogP contribution in [0.15, 0.2) is 23.1 Å². The summed E-state index contributed by atoms with van der Waals surface area (Å²) in [6.45, 7) is 0.284. The van der Waals surface area contributed by atoms with Crippen LogP contribution in [-0.4, -0.2) is 37.9 Å². The van der Waals surface area contributed by atoms with Gasteiger partial charge in [-0.1, -0.05) is 24.0 Å². The molecule has 1 saturated heterocycles. The number of aliphatic carboxylic acids is 1. The Balaban J connectivity index is 2.15. The number of benzene rings is 1. The van der Waals surface area contributed by atoms with Crippen molar-refractivity contribution >= 4 is 68.8 Å². The highest BCUT2D eigenvalue weighted by Crippen LogP contribution is 2.34. The van der Waals surface area contributed by atoms with Gasteiger partial charge in [0.2, 0.25) is 0 Å². The number of carboxylic acid groups (broad SMARTS) is 1. The lowest BCUT2D eigenvalue weighted by Gasteiger charge is -2.13. The summed E-state index contributed by atoms with van der Waals surface area (Å²) in [5.74, 6) is -1.06. The van der Waals surface area contributed by atoms with E-state index in [1.807, 2.05) is 0 Å². The number of hydrogen-bond donors (Lipinski definition) is 2. The van der Waals surface area contributed by atoms with Crippen LogP contribution in [0.4, 0.5) is 0 Å². The molecular formula is C14H12INO4S2. The van der Waals surface area contributed by atoms with E-state index in [1.54, 1.807) is 24.3 Å². The highest BCUT2D eigenvalue weighted by Gasteiger charge is 2.31. The Morgan fingerprint density at radius 2 is 2.18 bits per heavy atom. The van der Waals surface area contributed by atoms with Crippen molar-refractivity contribution in [2.75, 3.05) is 6.54 Å². The third-order valence-corrected chi connectivity index (χ3v) is 4.97. The number of carbonyl (C=O) groups is 2. The normalized spacial score (nSPS) is 16.6. The van der Waals surface area contributed by atoms with E-state index in [2.05, 4.69) is 22.6 Å². The molecular weight excluding hydrogens is 437 g/mol. The second-order valence-corrected chi connectivity index (χ2v) is 7.46. The molecule has 5 nitrogen and oxygen atoms in total. The molecule has 1 amide bonds. The molecule has 2 rings (SSSR count). The minimum Gasteiger partial charge on any atom is -0.507 e. The van der Waals surface area contributed by atoms with E-state index in [1.165, 1.54) is 4.90 Å². The van der Waals surface area contributed by atoms with Crippen LogP contribution in [0, 0.1) is 3.57 Å². The van der Waals surface area contributed by atoms with Gasteiger partial charge in [-0.2, -0.15) is 0 Å². The molecule has 0 aromatic heterocycles. The van der Waals surface area contributed by atoms with E-state index in [-0.39, 0.29) is 24.6 Å². The topological polar surface area (TPSA) is 77.8 Å². The second kappa shape index (κ2) is 7.42. The van der Waals surface area contributed by atoms with Crippen LogP contribution in [0.1, 0.15) is 18.4 Å². The molecule has 0 saturated carbocycles. The molecule has 0 aliphatic carbocycles. The summed E-state index contributed by atoms with van der Waals surface area (Å²) in [5, 5.41) is 18.5. The van der Waals surface area contributed by atoms with Gasteiger partial charge >= 0.3 is 5.97 Å². The SMILES string of the molecule is O=C(O)CCCN1C(=O)C(=Cc2cc(I)ccc2O)SC1=S. The quantitative estimate of drug-likeness (QED) is 0.409. The van der Waals surface area contributed by atoms with Crippen LogP contribution in [0.25, 0.3) is 6.08 Å². The van der Waals surface area contributed by atoms with E-state index in [9.17, 15) is 14.7 Å². The molecule has 0 spiro atoms. The third-order valence-electron chi connectivity index (χ3n) is 2.92. The number of hydrogen-bond acceptors (Lipinski definition) is 5. The van der Waals surface area contributed by atoms with Gasteiger partial charge in [-0.3, -0.25) is 14.5 Å². The number of thiocarbonyl (C=S) groups is 1. The van der Waals surface area contributed by atoms with Crippen molar-refractivity contribution in [1.82, 2.24) is 4.90 Å². The molecule has 1 heterocycles. The van der Waals surface area contributed by atoms with Gasteiger partial charge in [0.1, 0.15) is 10.1 Å². The van der Waals surface area contributed by atoms with Crippen LogP contribution < -0.4 is 0 Å². The lowest BCUT2D eigenvalue weighted by molar-refractivity contribution is -0.137. The average Bonchev–Trinajstić information content (AvgIpc) is 2.70. The first-order valence-electron chi connectivity index (χ1n) is 6.34. The first-order chi connectivity index (χ1) is 10.4. The number of nitrogens with zero attached hydrogens (tertiary/aromatic N) is 1. The van der Waals surface area contributed by atoms with E-state index in [4.69, 9.17) is 17.3 Å². The van der Waals surface area contributed by atoms with Gasteiger partial charge in [0.25, 0.3) is 5.91 Å². The monoisotopic (exact) mass is 449 g/mol. The number of amides is 1. The Kier molecular flexibility index (Phi) is 5.81. The van der Waals surface area contributed by atoms with Crippen molar-refractivity contribution < 1.29 is 19.8 Å². The van der Waals surface area contributed by atoms with Crippen molar-refractivity contribution in [3.05, 3.63) is 32.2 Å². The Hall–Kier alpha value is -1.13. The van der Waals surface area contributed by atoms with Crippen molar-refractivity contribution in [2.45, 2.75) is 12.8 Å². The number of thioether (sulfide) groups is 1. The number of carboxylic acids is 1. The van der Waals surface area contributed by atoms with Crippen molar-refractivity contribution in [2.24, 2.45) is 0 Å². The van der Waals surface area contributed by atoms with Crippen LogP contribution in [-0.2, 0) is 9.59 Å². The van der Waals surface area contributed by atoms with E-state index in [0.29, 0.717) is 21.2 Å². The van der Waals surface area contributed by atoms with Crippen LogP contribution in [0.5, 0.6) is 5.75 Å². The summed E-state index contributed by atoms with van der Waals surface area (Å²) in [7, 11) is 0. The molecule has 1 aliphatic rings. The smallest absolute Gasteiger partial charge is 0.303 e. The summed E-state index contributed by atoms with van der Waals surface area (Å²) in [5.41, 5.74) is 0.554. The first kappa shape index (κ1) is 17.2. The molecule has 116 valence electrons.